The van der Waals surface area contributed by atoms with Gasteiger partial charge in [0.2, 0.25) is 11.9 Å². The molecule has 10 nitrogen and oxygen atoms in total. The molecule has 2 N–H and O–H groups in total. The van der Waals surface area contributed by atoms with Crippen molar-refractivity contribution in [3.8, 4) is 11.1 Å². The summed E-state index contributed by atoms with van der Waals surface area (Å²) in [7, 11) is 1.75. The number of carbonyl (C=O) groups is 1. The van der Waals surface area contributed by atoms with Gasteiger partial charge >= 0.3 is 0 Å². The highest BCUT2D eigenvalue weighted by atomic mass is 16.5. The molecule has 1 aliphatic rings. The Labute approximate surface area is 215 Å². The standard InChI is InChI=1S/C27H30N8O2/c1-3-25(36)30-22-6-4-5-20(17-22)24-18-29-35-19-28-27(32-26(24)35)31-21-7-9-23(10-8-21)34-13-11-33(12-14-34)15-16-37-2/h3-10,17-19H,1,11-16H2,2H3,(H,30,36)(H,31,32). The molecule has 1 fully saturated rings. The Morgan fingerprint density at radius 3 is 2.68 bits per heavy atom. The Hall–Kier alpha value is -4.28. The number of hydrogen-bond donors (Lipinski definition) is 2. The Kier molecular flexibility index (Phi) is 7.38. The van der Waals surface area contributed by atoms with E-state index < -0.39 is 0 Å². The summed E-state index contributed by atoms with van der Waals surface area (Å²) < 4.78 is 6.82. The van der Waals surface area contributed by atoms with E-state index in [0.29, 0.717) is 17.3 Å². The molecule has 1 aliphatic heterocycles. The topological polar surface area (TPSA) is 99.9 Å². The maximum absolute atomic E-state index is 11.7. The number of amides is 1. The van der Waals surface area contributed by atoms with Gasteiger partial charge in [-0.1, -0.05) is 18.7 Å². The summed E-state index contributed by atoms with van der Waals surface area (Å²) in [4.78, 5) is 25.6. The van der Waals surface area contributed by atoms with Gasteiger partial charge in [-0.05, 0) is 48.0 Å². The molecule has 2 aromatic carbocycles. The van der Waals surface area contributed by atoms with E-state index in [1.807, 2.05) is 36.4 Å². The summed E-state index contributed by atoms with van der Waals surface area (Å²) in [5.74, 6) is 0.214. The van der Waals surface area contributed by atoms with E-state index in [-0.39, 0.29) is 5.91 Å². The van der Waals surface area contributed by atoms with E-state index in [1.165, 1.54) is 11.8 Å². The second-order valence-corrected chi connectivity index (χ2v) is 8.77. The van der Waals surface area contributed by atoms with Crippen molar-refractivity contribution in [3.05, 3.63) is 73.7 Å². The number of rotatable bonds is 9. The number of hydrogen-bond acceptors (Lipinski definition) is 8. The molecular weight excluding hydrogens is 468 g/mol. The van der Waals surface area contributed by atoms with Crippen molar-refractivity contribution in [2.75, 3.05) is 62.0 Å². The zero-order chi connectivity index (χ0) is 25.6. The van der Waals surface area contributed by atoms with Gasteiger partial charge in [-0.2, -0.15) is 10.1 Å². The number of piperazine rings is 1. The molecule has 2 aromatic heterocycles. The minimum atomic E-state index is -0.263. The van der Waals surface area contributed by atoms with E-state index in [4.69, 9.17) is 9.72 Å². The zero-order valence-electron chi connectivity index (χ0n) is 20.8. The second kappa shape index (κ2) is 11.2. The van der Waals surface area contributed by atoms with Crippen LogP contribution in [-0.2, 0) is 9.53 Å². The Morgan fingerprint density at radius 1 is 1.11 bits per heavy atom. The number of aromatic nitrogens is 4. The summed E-state index contributed by atoms with van der Waals surface area (Å²) >= 11 is 0. The lowest BCUT2D eigenvalue weighted by Crippen LogP contribution is -2.47. The fraction of sp³-hybridized carbons (Fsp3) is 0.259. The first-order valence-corrected chi connectivity index (χ1v) is 12.2. The van der Waals surface area contributed by atoms with Crippen LogP contribution in [0.3, 0.4) is 0 Å². The smallest absolute Gasteiger partial charge is 0.247 e. The average Bonchev–Trinajstić information content (AvgIpc) is 3.36. The third kappa shape index (κ3) is 5.76. The first-order valence-electron chi connectivity index (χ1n) is 12.2. The Morgan fingerprint density at radius 2 is 1.92 bits per heavy atom. The van der Waals surface area contributed by atoms with Crippen molar-refractivity contribution in [2.24, 2.45) is 0 Å². The SMILES string of the molecule is C=CC(=O)Nc1cccc(-c2cnn3cnc(Nc4ccc(N5CCN(CCOC)CC5)cc4)nc23)c1. The van der Waals surface area contributed by atoms with E-state index >= 15 is 0 Å². The van der Waals surface area contributed by atoms with Gasteiger partial charge in [0, 0.05) is 62.5 Å². The number of methoxy groups -OCH3 is 1. The van der Waals surface area contributed by atoms with Crippen LogP contribution in [0.4, 0.5) is 23.0 Å². The zero-order valence-corrected chi connectivity index (χ0v) is 20.8. The number of carbonyl (C=O) groups excluding carboxylic acids is 1. The number of anilines is 4. The number of ether oxygens (including phenoxy) is 1. The van der Waals surface area contributed by atoms with Gasteiger partial charge in [0.05, 0.1) is 12.8 Å². The molecule has 1 saturated heterocycles. The van der Waals surface area contributed by atoms with Crippen molar-refractivity contribution in [1.29, 1.82) is 0 Å². The summed E-state index contributed by atoms with van der Waals surface area (Å²) in [6.07, 6.45) is 4.62. The van der Waals surface area contributed by atoms with Crippen LogP contribution in [0.15, 0.2) is 73.7 Å². The molecule has 190 valence electrons. The summed E-state index contributed by atoms with van der Waals surface area (Å²) in [6.45, 7) is 9.32. The third-order valence-corrected chi connectivity index (χ3v) is 6.37. The monoisotopic (exact) mass is 498 g/mol. The van der Waals surface area contributed by atoms with Gasteiger partial charge in [0.25, 0.3) is 0 Å². The molecular formula is C27H30N8O2. The van der Waals surface area contributed by atoms with E-state index in [9.17, 15) is 4.79 Å². The van der Waals surface area contributed by atoms with Crippen molar-refractivity contribution >= 4 is 34.6 Å². The van der Waals surface area contributed by atoms with Gasteiger partial charge in [0.1, 0.15) is 6.33 Å². The lowest BCUT2D eigenvalue weighted by Gasteiger charge is -2.36. The van der Waals surface area contributed by atoms with Gasteiger partial charge in [-0.15, -0.1) is 0 Å². The van der Waals surface area contributed by atoms with E-state index in [2.05, 4.69) is 49.2 Å². The van der Waals surface area contributed by atoms with Crippen LogP contribution >= 0.6 is 0 Å². The summed E-state index contributed by atoms with van der Waals surface area (Å²) in [5, 5.41) is 10.5. The lowest BCUT2D eigenvalue weighted by molar-refractivity contribution is -0.111. The molecule has 0 aliphatic carbocycles. The molecule has 0 unspecified atom stereocenters. The fourth-order valence-electron chi connectivity index (χ4n) is 4.35. The van der Waals surface area contributed by atoms with Crippen LogP contribution in [0.25, 0.3) is 16.8 Å². The maximum Gasteiger partial charge on any atom is 0.247 e. The van der Waals surface area contributed by atoms with Gasteiger partial charge in [-0.25, -0.2) is 9.50 Å². The molecule has 37 heavy (non-hydrogen) atoms. The molecule has 0 spiro atoms. The lowest BCUT2D eigenvalue weighted by atomic mass is 10.1. The maximum atomic E-state index is 11.7. The largest absolute Gasteiger partial charge is 0.383 e. The Balaban J connectivity index is 1.28. The molecule has 10 heteroatoms. The molecule has 3 heterocycles. The highest BCUT2D eigenvalue weighted by molar-refractivity contribution is 5.99. The molecule has 0 bridgehead atoms. The molecule has 0 radical (unpaired) electrons. The van der Waals surface area contributed by atoms with Crippen LogP contribution in [0.2, 0.25) is 0 Å². The summed E-state index contributed by atoms with van der Waals surface area (Å²) in [5.41, 5.74) is 5.16. The van der Waals surface area contributed by atoms with Crippen LogP contribution in [0.1, 0.15) is 0 Å². The van der Waals surface area contributed by atoms with Crippen LogP contribution in [0, 0.1) is 0 Å². The number of fused-ring (bicyclic) bond motifs is 1. The van der Waals surface area contributed by atoms with E-state index in [1.54, 1.807) is 24.1 Å². The van der Waals surface area contributed by atoms with Crippen LogP contribution in [-0.4, -0.2) is 76.8 Å². The Bertz CT molecular complexity index is 1380. The number of nitrogens with zero attached hydrogens (tertiary/aromatic N) is 6. The third-order valence-electron chi connectivity index (χ3n) is 6.37. The quantitative estimate of drug-likeness (QED) is 0.339. The molecule has 0 saturated carbocycles. The van der Waals surface area contributed by atoms with Crippen molar-refractivity contribution in [3.63, 3.8) is 0 Å². The van der Waals surface area contributed by atoms with Gasteiger partial charge < -0.3 is 20.3 Å². The second-order valence-electron chi connectivity index (χ2n) is 8.77. The fourth-order valence-corrected chi connectivity index (χ4v) is 4.35. The predicted octanol–water partition coefficient (Wildman–Crippen LogP) is 3.43. The van der Waals surface area contributed by atoms with Gasteiger partial charge in [0.15, 0.2) is 5.65 Å². The minimum absolute atomic E-state index is 0.263. The van der Waals surface area contributed by atoms with Crippen molar-refractivity contribution in [1.82, 2.24) is 24.5 Å². The first-order chi connectivity index (χ1) is 18.1. The van der Waals surface area contributed by atoms with Crippen LogP contribution < -0.4 is 15.5 Å². The minimum Gasteiger partial charge on any atom is -0.383 e. The predicted molar refractivity (Wildman–Crippen MR) is 145 cm³/mol. The molecule has 4 aromatic rings. The highest BCUT2D eigenvalue weighted by Crippen LogP contribution is 2.27. The molecule has 0 atom stereocenters. The number of nitrogens with one attached hydrogen (secondary N) is 2. The summed E-state index contributed by atoms with van der Waals surface area (Å²) in [6, 6.07) is 15.9. The first kappa shape index (κ1) is 24.4. The average molecular weight is 499 g/mol. The van der Waals surface area contributed by atoms with Crippen molar-refractivity contribution in [2.45, 2.75) is 0 Å². The van der Waals surface area contributed by atoms with Crippen molar-refractivity contribution < 1.29 is 9.53 Å². The molecule has 1 amide bonds. The van der Waals surface area contributed by atoms with Gasteiger partial charge in [-0.3, -0.25) is 9.69 Å². The van der Waals surface area contributed by atoms with E-state index in [0.717, 1.165) is 56.1 Å². The highest BCUT2D eigenvalue weighted by Gasteiger charge is 2.17. The molecule has 5 rings (SSSR count). The number of benzene rings is 2. The van der Waals surface area contributed by atoms with Crippen LogP contribution in [0.5, 0.6) is 0 Å². The normalized spacial score (nSPS) is 14.0.